The Bertz CT molecular complexity index is 1000. The van der Waals surface area contributed by atoms with Gasteiger partial charge >= 0.3 is 4.87 Å². The van der Waals surface area contributed by atoms with Crippen molar-refractivity contribution in [2.75, 3.05) is 0 Å². The Morgan fingerprint density at radius 3 is 2.63 bits per heavy atom. The Labute approximate surface area is 165 Å². The number of nitrogens with zero attached hydrogens (tertiary/aromatic N) is 2. The van der Waals surface area contributed by atoms with Gasteiger partial charge in [0.2, 0.25) is 0 Å². The van der Waals surface area contributed by atoms with Crippen molar-refractivity contribution in [3.05, 3.63) is 51.6 Å². The fourth-order valence-corrected chi connectivity index (χ4v) is 4.99. The van der Waals surface area contributed by atoms with Gasteiger partial charge < -0.3 is 0 Å². The van der Waals surface area contributed by atoms with E-state index in [-0.39, 0.29) is 10.3 Å². The molecule has 142 valence electrons. The van der Waals surface area contributed by atoms with Gasteiger partial charge in [-0.05, 0) is 47.9 Å². The summed E-state index contributed by atoms with van der Waals surface area (Å²) in [5.41, 5.74) is 4.57. The van der Waals surface area contributed by atoms with Crippen molar-refractivity contribution in [1.82, 2.24) is 9.55 Å². The second kappa shape index (κ2) is 7.23. The lowest BCUT2D eigenvalue weighted by molar-refractivity contribution is 0.346. The lowest BCUT2D eigenvalue weighted by atomic mass is 9.83. The van der Waals surface area contributed by atoms with Crippen LogP contribution in [-0.4, -0.2) is 9.55 Å². The second-order valence-corrected chi connectivity index (χ2v) is 9.94. The summed E-state index contributed by atoms with van der Waals surface area (Å²) in [5, 5.41) is 0. The van der Waals surface area contributed by atoms with E-state index in [0.717, 1.165) is 21.6 Å². The molecule has 0 atom stereocenters. The van der Waals surface area contributed by atoms with Crippen molar-refractivity contribution in [3.8, 4) is 11.3 Å². The maximum Gasteiger partial charge on any atom is 0.309 e. The first kappa shape index (κ1) is 18.4. The summed E-state index contributed by atoms with van der Waals surface area (Å²) in [6.07, 6.45) is 6.65. The number of thiazole rings is 1. The molecule has 0 unspecified atom stereocenters. The number of hydrogen-bond donors (Lipinski definition) is 0. The summed E-state index contributed by atoms with van der Waals surface area (Å²) in [7, 11) is 0. The SMILES string of the molecule is CC(C)(C)Cn1c(=O)sc2nc(-c3cccc(C4CCCCC4)c3)ccc21. The monoisotopic (exact) mass is 380 g/mol. The third-order valence-electron chi connectivity index (χ3n) is 5.43. The highest BCUT2D eigenvalue weighted by molar-refractivity contribution is 7.16. The normalized spacial score (nSPS) is 16.1. The van der Waals surface area contributed by atoms with Gasteiger partial charge in [0.25, 0.3) is 0 Å². The average Bonchev–Trinajstić information content (AvgIpc) is 2.96. The minimum atomic E-state index is 0.0603. The molecular weight excluding hydrogens is 352 g/mol. The molecule has 3 aromatic rings. The molecule has 1 aliphatic rings. The number of pyridine rings is 1. The van der Waals surface area contributed by atoms with Crippen molar-refractivity contribution < 1.29 is 0 Å². The predicted octanol–water partition coefficient (Wildman–Crippen LogP) is 6.22. The van der Waals surface area contributed by atoms with Crippen LogP contribution in [0.5, 0.6) is 0 Å². The topological polar surface area (TPSA) is 34.9 Å². The highest BCUT2D eigenvalue weighted by Gasteiger charge is 2.18. The molecule has 2 aromatic heterocycles. The first-order valence-electron chi connectivity index (χ1n) is 10.0. The van der Waals surface area contributed by atoms with Gasteiger partial charge in [0, 0.05) is 12.1 Å². The minimum absolute atomic E-state index is 0.0603. The van der Waals surface area contributed by atoms with E-state index >= 15 is 0 Å². The Hall–Kier alpha value is -1.94. The van der Waals surface area contributed by atoms with Gasteiger partial charge in [-0.15, -0.1) is 0 Å². The first-order valence-corrected chi connectivity index (χ1v) is 10.8. The number of benzene rings is 1. The molecule has 0 bridgehead atoms. The van der Waals surface area contributed by atoms with Crippen LogP contribution in [0.1, 0.15) is 64.4 Å². The van der Waals surface area contributed by atoms with Crippen LogP contribution < -0.4 is 4.87 Å². The minimum Gasteiger partial charge on any atom is -0.297 e. The van der Waals surface area contributed by atoms with Crippen molar-refractivity contribution in [2.45, 2.75) is 65.3 Å². The zero-order chi connectivity index (χ0) is 19.0. The van der Waals surface area contributed by atoms with Gasteiger partial charge in [-0.1, -0.05) is 69.6 Å². The third-order valence-corrected chi connectivity index (χ3v) is 6.32. The summed E-state index contributed by atoms with van der Waals surface area (Å²) in [6, 6.07) is 13.0. The van der Waals surface area contributed by atoms with Crippen molar-refractivity contribution in [3.63, 3.8) is 0 Å². The summed E-state index contributed by atoms with van der Waals surface area (Å²) >= 11 is 1.26. The fraction of sp³-hybridized carbons (Fsp3) is 0.478. The van der Waals surface area contributed by atoms with Crippen LogP contribution in [0, 0.1) is 5.41 Å². The molecule has 1 saturated carbocycles. The van der Waals surface area contributed by atoms with Gasteiger partial charge in [-0.25, -0.2) is 4.98 Å². The first-order chi connectivity index (χ1) is 12.9. The Balaban J connectivity index is 1.69. The largest absolute Gasteiger partial charge is 0.309 e. The summed E-state index contributed by atoms with van der Waals surface area (Å²) in [4.78, 5) is 18.2. The van der Waals surface area contributed by atoms with E-state index < -0.39 is 0 Å². The summed E-state index contributed by atoms with van der Waals surface area (Å²) in [6.45, 7) is 7.18. The van der Waals surface area contributed by atoms with Crippen LogP contribution in [0.15, 0.2) is 41.2 Å². The van der Waals surface area contributed by atoms with Crippen molar-refractivity contribution in [1.29, 1.82) is 0 Å². The molecule has 2 heterocycles. The molecule has 1 fully saturated rings. The van der Waals surface area contributed by atoms with E-state index in [9.17, 15) is 4.79 Å². The molecule has 0 aliphatic heterocycles. The van der Waals surface area contributed by atoms with E-state index in [1.54, 1.807) is 0 Å². The molecule has 0 saturated heterocycles. The lowest BCUT2D eigenvalue weighted by Gasteiger charge is -2.22. The number of fused-ring (bicyclic) bond motifs is 1. The molecule has 0 amide bonds. The van der Waals surface area contributed by atoms with Crippen LogP contribution in [0.25, 0.3) is 21.6 Å². The van der Waals surface area contributed by atoms with E-state index in [1.165, 1.54) is 49.0 Å². The maximum atomic E-state index is 12.5. The molecule has 4 heteroatoms. The number of hydrogen-bond acceptors (Lipinski definition) is 3. The highest BCUT2D eigenvalue weighted by Crippen LogP contribution is 2.34. The Morgan fingerprint density at radius 1 is 1.11 bits per heavy atom. The van der Waals surface area contributed by atoms with Crippen LogP contribution in [0.3, 0.4) is 0 Å². The van der Waals surface area contributed by atoms with E-state index in [1.807, 2.05) is 4.57 Å². The lowest BCUT2D eigenvalue weighted by Crippen LogP contribution is -2.22. The fourth-order valence-electron chi connectivity index (χ4n) is 4.12. The molecular formula is C23H28N2OS. The zero-order valence-corrected chi connectivity index (χ0v) is 17.3. The molecule has 0 N–H and O–H groups in total. The molecule has 27 heavy (non-hydrogen) atoms. The van der Waals surface area contributed by atoms with Crippen molar-refractivity contribution in [2.24, 2.45) is 5.41 Å². The zero-order valence-electron chi connectivity index (χ0n) is 16.5. The Morgan fingerprint density at radius 2 is 1.89 bits per heavy atom. The van der Waals surface area contributed by atoms with E-state index in [0.29, 0.717) is 12.5 Å². The predicted molar refractivity (Wildman–Crippen MR) is 115 cm³/mol. The van der Waals surface area contributed by atoms with Crippen molar-refractivity contribution >= 4 is 21.7 Å². The smallest absolute Gasteiger partial charge is 0.297 e. The Kier molecular flexibility index (Phi) is 4.94. The van der Waals surface area contributed by atoms with Crippen LogP contribution in [0.2, 0.25) is 0 Å². The quantitative estimate of drug-likeness (QED) is 0.541. The molecule has 1 aliphatic carbocycles. The molecule has 0 radical (unpaired) electrons. The highest BCUT2D eigenvalue weighted by atomic mass is 32.1. The van der Waals surface area contributed by atoms with Crippen LogP contribution >= 0.6 is 11.3 Å². The standard InChI is InChI=1S/C23H28N2OS/c1-23(2,3)15-25-20-13-12-19(24-21(20)27-22(25)26)18-11-7-10-17(14-18)16-8-5-4-6-9-16/h7,10-14,16H,4-6,8-9,15H2,1-3H3. The molecule has 0 spiro atoms. The van der Waals surface area contributed by atoms with Gasteiger partial charge in [0.15, 0.2) is 0 Å². The van der Waals surface area contributed by atoms with Gasteiger partial charge in [-0.2, -0.15) is 0 Å². The number of aromatic nitrogens is 2. The maximum absolute atomic E-state index is 12.5. The van der Waals surface area contributed by atoms with Gasteiger partial charge in [0.05, 0.1) is 11.2 Å². The second-order valence-electron chi connectivity index (χ2n) is 9.00. The number of rotatable bonds is 3. The third kappa shape index (κ3) is 4.01. The van der Waals surface area contributed by atoms with Gasteiger partial charge in [0.1, 0.15) is 4.83 Å². The van der Waals surface area contributed by atoms with E-state index in [2.05, 4.69) is 57.2 Å². The summed E-state index contributed by atoms with van der Waals surface area (Å²) < 4.78 is 1.87. The molecule has 4 rings (SSSR count). The van der Waals surface area contributed by atoms with Gasteiger partial charge in [-0.3, -0.25) is 9.36 Å². The van der Waals surface area contributed by atoms with E-state index in [4.69, 9.17) is 4.98 Å². The summed E-state index contributed by atoms with van der Waals surface area (Å²) in [5.74, 6) is 0.686. The van der Waals surface area contributed by atoms with Crippen LogP contribution in [0.4, 0.5) is 0 Å². The average molecular weight is 381 g/mol. The van der Waals surface area contributed by atoms with Crippen LogP contribution in [-0.2, 0) is 6.54 Å². The molecule has 1 aromatic carbocycles. The molecule has 3 nitrogen and oxygen atoms in total.